The fourth-order valence-corrected chi connectivity index (χ4v) is 1.55. The molecule has 0 atom stereocenters. The van der Waals surface area contributed by atoms with E-state index in [0.717, 1.165) is 0 Å². The molecule has 0 bridgehead atoms. The van der Waals surface area contributed by atoms with Crippen molar-refractivity contribution in [1.29, 1.82) is 0 Å². The molecule has 0 spiro atoms. The van der Waals surface area contributed by atoms with Crippen LogP contribution in [0.15, 0.2) is 24.5 Å². The van der Waals surface area contributed by atoms with E-state index in [4.69, 9.17) is 9.84 Å². The molecule has 84 valence electrons. The highest BCUT2D eigenvalue weighted by Gasteiger charge is 2.09. The average Bonchev–Trinajstić information content (AvgIpc) is 2.60. The van der Waals surface area contributed by atoms with Crippen LogP contribution in [0.25, 0.3) is 5.65 Å². The number of carboxylic acids is 1. The zero-order chi connectivity index (χ0) is 11.5. The number of hydrogen-bond acceptors (Lipinski definition) is 3. The summed E-state index contributed by atoms with van der Waals surface area (Å²) >= 11 is 0. The smallest absolute Gasteiger partial charge is 0.309 e. The minimum Gasteiger partial charge on any atom is -0.490 e. The summed E-state index contributed by atoms with van der Waals surface area (Å²) in [5.41, 5.74) is 1.18. The molecule has 0 aliphatic carbocycles. The van der Waals surface area contributed by atoms with E-state index in [-0.39, 0.29) is 6.42 Å². The molecule has 0 saturated heterocycles. The Bertz CT molecular complexity index is 519. The van der Waals surface area contributed by atoms with E-state index in [1.165, 1.54) is 0 Å². The van der Waals surface area contributed by atoms with Crippen LogP contribution in [0.4, 0.5) is 0 Å². The Morgan fingerprint density at radius 3 is 3.12 bits per heavy atom. The van der Waals surface area contributed by atoms with E-state index in [9.17, 15) is 4.79 Å². The molecular weight excluding hydrogens is 208 g/mol. The number of aromatic nitrogens is 2. The number of nitrogens with zero attached hydrogens (tertiary/aromatic N) is 2. The minimum atomic E-state index is -0.888. The van der Waals surface area contributed by atoms with Crippen molar-refractivity contribution in [3.8, 4) is 5.75 Å². The van der Waals surface area contributed by atoms with Gasteiger partial charge in [0.25, 0.3) is 0 Å². The molecule has 2 rings (SSSR count). The Kier molecular flexibility index (Phi) is 2.76. The first-order valence-corrected chi connectivity index (χ1v) is 5.02. The first kappa shape index (κ1) is 10.5. The zero-order valence-electron chi connectivity index (χ0n) is 8.88. The molecule has 0 aromatic carbocycles. The Labute approximate surface area is 92.3 Å². The maximum Gasteiger partial charge on any atom is 0.309 e. The monoisotopic (exact) mass is 220 g/mol. The van der Waals surface area contributed by atoms with Crippen molar-refractivity contribution in [2.45, 2.75) is 13.3 Å². The number of carboxylic acid groups (broad SMARTS) is 1. The number of imidazole rings is 1. The van der Waals surface area contributed by atoms with Gasteiger partial charge in [-0.1, -0.05) is 0 Å². The van der Waals surface area contributed by atoms with E-state index >= 15 is 0 Å². The van der Waals surface area contributed by atoms with Gasteiger partial charge in [-0.3, -0.25) is 4.79 Å². The third kappa shape index (κ3) is 1.98. The molecule has 2 aromatic heterocycles. The Morgan fingerprint density at radius 2 is 2.44 bits per heavy atom. The van der Waals surface area contributed by atoms with Crippen molar-refractivity contribution >= 4 is 11.6 Å². The number of fused-ring (bicyclic) bond motifs is 1. The summed E-state index contributed by atoms with van der Waals surface area (Å²) < 4.78 is 7.17. The van der Waals surface area contributed by atoms with Crippen LogP contribution >= 0.6 is 0 Å². The maximum atomic E-state index is 10.6. The fraction of sp³-hybridized carbons (Fsp3) is 0.273. The van der Waals surface area contributed by atoms with Crippen LogP contribution in [0, 0.1) is 0 Å². The van der Waals surface area contributed by atoms with Crippen molar-refractivity contribution in [2.75, 3.05) is 6.61 Å². The summed E-state index contributed by atoms with van der Waals surface area (Å²) in [7, 11) is 0. The van der Waals surface area contributed by atoms with Gasteiger partial charge in [-0.25, -0.2) is 4.98 Å². The summed E-state index contributed by atoms with van der Waals surface area (Å²) in [4.78, 5) is 14.8. The third-order valence-corrected chi connectivity index (χ3v) is 2.13. The molecule has 0 saturated carbocycles. The van der Waals surface area contributed by atoms with Gasteiger partial charge in [0.2, 0.25) is 0 Å². The van der Waals surface area contributed by atoms with Crippen molar-refractivity contribution in [3.05, 3.63) is 30.2 Å². The van der Waals surface area contributed by atoms with E-state index in [2.05, 4.69) is 4.98 Å². The van der Waals surface area contributed by atoms with Gasteiger partial charge in [-0.2, -0.15) is 0 Å². The van der Waals surface area contributed by atoms with E-state index in [1.807, 2.05) is 25.3 Å². The van der Waals surface area contributed by atoms with Crippen LogP contribution in [-0.4, -0.2) is 27.1 Å². The summed E-state index contributed by atoms with van der Waals surface area (Å²) in [5.74, 6) is -0.219. The second-order valence-electron chi connectivity index (χ2n) is 3.34. The molecule has 0 unspecified atom stereocenters. The Hall–Kier alpha value is -2.04. The normalized spacial score (nSPS) is 10.6. The van der Waals surface area contributed by atoms with Crippen LogP contribution < -0.4 is 4.74 Å². The number of ether oxygens (including phenoxy) is 1. The van der Waals surface area contributed by atoms with Gasteiger partial charge in [-0.05, 0) is 19.1 Å². The van der Waals surface area contributed by atoms with Crippen LogP contribution in [0.2, 0.25) is 0 Å². The summed E-state index contributed by atoms with van der Waals surface area (Å²) in [6, 6.07) is 3.65. The highest BCUT2D eigenvalue weighted by Crippen LogP contribution is 2.18. The van der Waals surface area contributed by atoms with Crippen molar-refractivity contribution in [3.63, 3.8) is 0 Å². The lowest BCUT2D eigenvalue weighted by Gasteiger charge is -2.03. The van der Waals surface area contributed by atoms with Gasteiger partial charge in [0.05, 0.1) is 18.7 Å². The van der Waals surface area contributed by atoms with Gasteiger partial charge < -0.3 is 14.2 Å². The van der Waals surface area contributed by atoms with Crippen LogP contribution in [-0.2, 0) is 11.2 Å². The van der Waals surface area contributed by atoms with Gasteiger partial charge >= 0.3 is 5.97 Å². The number of pyridine rings is 1. The molecule has 0 aliphatic rings. The largest absolute Gasteiger partial charge is 0.490 e. The molecule has 0 amide bonds. The molecular formula is C11H12N2O3. The van der Waals surface area contributed by atoms with Crippen LogP contribution in [0.5, 0.6) is 5.75 Å². The second-order valence-corrected chi connectivity index (χ2v) is 3.34. The summed E-state index contributed by atoms with van der Waals surface area (Å²) in [6.07, 6.45) is 3.44. The van der Waals surface area contributed by atoms with E-state index < -0.39 is 5.97 Å². The topological polar surface area (TPSA) is 63.8 Å². The predicted octanol–water partition coefficient (Wildman–Crippen LogP) is 1.36. The molecule has 16 heavy (non-hydrogen) atoms. The SMILES string of the molecule is CCOc1cccn2cc(CC(=O)O)nc12. The van der Waals surface area contributed by atoms with Crippen molar-refractivity contribution in [1.82, 2.24) is 9.38 Å². The lowest BCUT2D eigenvalue weighted by atomic mass is 10.3. The number of carbonyl (C=O) groups is 1. The van der Waals surface area contributed by atoms with E-state index in [0.29, 0.717) is 23.7 Å². The molecule has 1 N–H and O–H groups in total. The summed E-state index contributed by atoms with van der Waals surface area (Å²) in [5, 5.41) is 8.68. The van der Waals surface area contributed by atoms with Gasteiger partial charge in [-0.15, -0.1) is 0 Å². The third-order valence-electron chi connectivity index (χ3n) is 2.13. The molecule has 2 heterocycles. The van der Waals surface area contributed by atoms with Crippen LogP contribution in [0.3, 0.4) is 0 Å². The maximum absolute atomic E-state index is 10.6. The molecule has 5 heteroatoms. The minimum absolute atomic E-state index is 0.0761. The van der Waals surface area contributed by atoms with Crippen molar-refractivity contribution < 1.29 is 14.6 Å². The van der Waals surface area contributed by atoms with Crippen LogP contribution in [0.1, 0.15) is 12.6 Å². The first-order chi connectivity index (χ1) is 7.70. The van der Waals surface area contributed by atoms with Gasteiger partial charge in [0.1, 0.15) is 0 Å². The highest BCUT2D eigenvalue weighted by atomic mass is 16.5. The summed E-state index contributed by atoms with van der Waals surface area (Å²) in [6.45, 7) is 2.45. The quantitative estimate of drug-likeness (QED) is 0.845. The zero-order valence-corrected chi connectivity index (χ0v) is 8.88. The fourth-order valence-electron chi connectivity index (χ4n) is 1.55. The Morgan fingerprint density at radius 1 is 1.62 bits per heavy atom. The lowest BCUT2D eigenvalue weighted by molar-refractivity contribution is -0.136. The van der Waals surface area contributed by atoms with Gasteiger partial charge in [0, 0.05) is 12.4 Å². The number of aliphatic carboxylic acids is 1. The molecule has 0 radical (unpaired) electrons. The van der Waals surface area contributed by atoms with E-state index in [1.54, 1.807) is 10.6 Å². The predicted molar refractivity (Wildman–Crippen MR) is 57.7 cm³/mol. The van der Waals surface area contributed by atoms with Gasteiger partial charge in [0.15, 0.2) is 11.4 Å². The first-order valence-electron chi connectivity index (χ1n) is 5.02. The molecule has 2 aromatic rings. The molecule has 0 fully saturated rings. The van der Waals surface area contributed by atoms with Crippen molar-refractivity contribution in [2.24, 2.45) is 0 Å². The lowest BCUT2D eigenvalue weighted by Crippen LogP contribution is -1.99. The highest BCUT2D eigenvalue weighted by molar-refractivity contribution is 5.70. The second kappa shape index (κ2) is 4.22. The molecule has 0 aliphatic heterocycles. The Balaban J connectivity index is 2.43. The average molecular weight is 220 g/mol. The number of rotatable bonds is 4. The molecule has 5 nitrogen and oxygen atoms in total. The number of hydrogen-bond donors (Lipinski definition) is 1. The standard InChI is InChI=1S/C11H12N2O3/c1-2-16-9-4-3-5-13-7-8(6-10(14)15)12-11(9)13/h3-5,7H,2,6H2,1H3,(H,14,15).